The first-order valence-corrected chi connectivity index (χ1v) is 41.7. The Balaban J connectivity index is 0.912. The second-order valence-corrected chi connectivity index (χ2v) is 34.1. The van der Waals surface area contributed by atoms with Crippen molar-refractivity contribution in [3.05, 3.63) is 0 Å². The zero-order valence-corrected chi connectivity index (χ0v) is 62.6. The standard InChI is InChI=1S/C83H144O14/c1-5-80(43-28-44-80)60-89-55-69(54-88-56-75(94-73-39-40-73)48-66-31-21-15-11-16-22-32-66)46-71(85)51-83(8-4,50-70(84)45-68(35-26-41-81(6-2)61-90-62-81)53-87-57-76(97-79-59-93-79)49-67-33-23-17-12-18-24-34-67)52-77(86)95-72(38-27-42-82(7-3)63-91-64-82)36-25-37-74(96-78-58-92-78)47-65-29-19-13-9-10-14-20-30-65/h65-69,72-76,78-79H,5-64H2,1-4H3. The average molecular weight is 1370 g/mol. The van der Waals surface area contributed by atoms with E-state index in [0.29, 0.717) is 89.6 Å². The average Bonchev–Trinajstić information content (AvgIpc) is 1.84. The molecule has 14 heteroatoms. The largest absolute Gasteiger partial charge is 0.462 e. The number of hydrogen-bond acceptors (Lipinski definition) is 14. The fraction of sp³-hybridized carbons (Fsp3) is 0.964. The first-order chi connectivity index (χ1) is 47.4. The van der Waals surface area contributed by atoms with Gasteiger partial charge < -0.3 is 52.1 Å². The molecule has 9 atom stereocenters. The van der Waals surface area contributed by atoms with Crippen LogP contribution in [-0.4, -0.2) is 140 Å². The molecule has 14 nitrogen and oxygen atoms in total. The van der Waals surface area contributed by atoms with Crippen molar-refractivity contribution in [1.29, 1.82) is 0 Å². The van der Waals surface area contributed by atoms with E-state index in [4.69, 9.17) is 52.1 Å². The molecule has 9 fully saturated rings. The monoisotopic (exact) mass is 1370 g/mol. The Kier molecular flexibility index (Phi) is 35.3. The lowest BCUT2D eigenvalue weighted by Crippen LogP contribution is -2.42. The Morgan fingerprint density at radius 2 is 0.856 bits per heavy atom. The van der Waals surface area contributed by atoms with Crippen molar-refractivity contribution in [3.63, 3.8) is 0 Å². The Morgan fingerprint density at radius 3 is 1.30 bits per heavy atom. The molecule has 9 unspecified atom stereocenters. The minimum Gasteiger partial charge on any atom is -0.462 e. The van der Waals surface area contributed by atoms with Gasteiger partial charge in [-0.2, -0.15) is 0 Å². The number of carbonyl (C=O) groups excluding carboxylic acids is 3. The summed E-state index contributed by atoms with van der Waals surface area (Å²) in [6, 6.07) is 0. The normalized spacial score (nSPS) is 25.8. The van der Waals surface area contributed by atoms with Crippen LogP contribution in [0.15, 0.2) is 0 Å². The molecule has 0 N–H and O–H groups in total. The number of hydrogen-bond donors (Lipinski definition) is 0. The molecule has 4 saturated heterocycles. The zero-order chi connectivity index (χ0) is 67.9. The third-order valence-corrected chi connectivity index (χ3v) is 25.6. The number of ether oxygens (including phenoxy) is 11. The van der Waals surface area contributed by atoms with Crippen molar-refractivity contribution in [1.82, 2.24) is 0 Å². The zero-order valence-electron chi connectivity index (χ0n) is 62.6. The van der Waals surface area contributed by atoms with Crippen molar-refractivity contribution in [2.75, 3.05) is 79.3 Å². The van der Waals surface area contributed by atoms with Gasteiger partial charge in [0.2, 0.25) is 0 Å². The van der Waals surface area contributed by atoms with E-state index in [1.807, 2.05) is 0 Å². The van der Waals surface area contributed by atoms with Gasteiger partial charge in [0, 0.05) is 49.0 Å². The molecular formula is C83H144O14. The maximum atomic E-state index is 15.4. The lowest BCUT2D eigenvalue weighted by molar-refractivity contribution is -0.154. The van der Waals surface area contributed by atoms with Crippen LogP contribution in [0.5, 0.6) is 0 Å². The molecule has 0 radical (unpaired) electrons. The van der Waals surface area contributed by atoms with Gasteiger partial charge in [-0.1, -0.05) is 182 Å². The SMILES string of the molecule is CCC1(COCC(COCC(CC2CCCCCCC2)OC2CC2)CC(=O)CC(CC)(CC(=O)CC(CCCC2(CC)COC2)COCC(CC2CCCCCCC2)OC2CO2)CC(=O)OC(CCCC(CC2CCCCCCCC2)OC2CO2)CCCC2(CC)COC2)CCC1. The van der Waals surface area contributed by atoms with Crippen LogP contribution < -0.4 is 0 Å². The molecule has 0 bridgehead atoms. The van der Waals surface area contributed by atoms with Crippen molar-refractivity contribution in [3.8, 4) is 0 Å². The van der Waals surface area contributed by atoms with Gasteiger partial charge in [-0.05, 0) is 156 Å². The van der Waals surface area contributed by atoms with Crippen molar-refractivity contribution in [2.24, 2.45) is 51.2 Å². The highest BCUT2D eigenvalue weighted by Gasteiger charge is 2.42. The number of rotatable bonds is 51. The third-order valence-electron chi connectivity index (χ3n) is 25.6. The van der Waals surface area contributed by atoms with Crippen LogP contribution in [-0.2, 0) is 66.5 Å². The summed E-state index contributed by atoms with van der Waals surface area (Å²) in [7, 11) is 0. The highest BCUT2D eigenvalue weighted by Crippen LogP contribution is 2.45. The number of epoxide rings is 2. The molecule has 0 aromatic carbocycles. The number of carbonyl (C=O) groups is 3. The molecule has 0 aromatic heterocycles. The van der Waals surface area contributed by atoms with Crippen LogP contribution in [0.3, 0.4) is 0 Å². The van der Waals surface area contributed by atoms with Crippen LogP contribution in [0.25, 0.3) is 0 Å². The Morgan fingerprint density at radius 1 is 0.433 bits per heavy atom. The summed E-state index contributed by atoms with van der Waals surface area (Å²) >= 11 is 0. The number of esters is 1. The summed E-state index contributed by atoms with van der Waals surface area (Å²) in [6.07, 6.45) is 50.2. The molecule has 0 spiro atoms. The fourth-order valence-electron chi connectivity index (χ4n) is 18.1. The minimum atomic E-state index is -0.933. The number of ketones is 2. The molecule has 0 amide bonds. The minimum absolute atomic E-state index is 0.0122. The summed E-state index contributed by atoms with van der Waals surface area (Å²) in [4.78, 5) is 46.0. The van der Waals surface area contributed by atoms with E-state index in [1.165, 1.54) is 161 Å². The molecule has 0 aromatic rings. The second-order valence-electron chi connectivity index (χ2n) is 34.1. The predicted molar refractivity (Wildman–Crippen MR) is 383 cm³/mol. The number of Topliss-reactive ketones (excluding diaryl/α,β-unsaturated/α-hetero) is 2. The Bertz CT molecular complexity index is 2030. The topological polar surface area (TPSA) is 159 Å². The maximum Gasteiger partial charge on any atom is 0.306 e. The lowest BCUT2D eigenvalue weighted by atomic mass is 9.68. The van der Waals surface area contributed by atoms with Gasteiger partial charge in [-0.3, -0.25) is 14.4 Å². The molecule has 560 valence electrons. The molecule has 5 aliphatic carbocycles. The summed E-state index contributed by atoms with van der Waals surface area (Å²) in [5.41, 5.74) is -0.329. The van der Waals surface area contributed by atoms with Crippen LogP contribution in [0.1, 0.15) is 336 Å². The highest BCUT2D eigenvalue weighted by molar-refractivity contribution is 5.84. The van der Waals surface area contributed by atoms with E-state index in [0.717, 1.165) is 136 Å². The summed E-state index contributed by atoms with van der Waals surface area (Å²) in [6.45, 7) is 16.4. The van der Waals surface area contributed by atoms with Gasteiger partial charge >= 0.3 is 5.97 Å². The molecule has 5 saturated carbocycles. The smallest absolute Gasteiger partial charge is 0.306 e. The molecule has 97 heavy (non-hydrogen) atoms. The molecule has 4 aliphatic heterocycles. The lowest BCUT2D eigenvalue weighted by Gasteiger charge is -2.41. The first kappa shape index (κ1) is 79.5. The molecule has 9 aliphatic rings. The first-order valence-electron chi connectivity index (χ1n) is 41.7. The second kappa shape index (κ2) is 43.0. The van der Waals surface area contributed by atoms with Gasteiger partial charge in [0.25, 0.3) is 0 Å². The van der Waals surface area contributed by atoms with Gasteiger partial charge in [-0.15, -0.1) is 0 Å². The van der Waals surface area contributed by atoms with E-state index in [-0.39, 0.29) is 108 Å². The van der Waals surface area contributed by atoms with Gasteiger partial charge in [-0.25, -0.2) is 0 Å². The fourth-order valence-corrected chi connectivity index (χ4v) is 18.1. The van der Waals surface area contributed by atoms with E-state index in [9.17, 15) is 0 Å². The highest BCUT2D eigenvalue weighted by atomic mass is 16.8. The van der Waals surface area contributed by atoms with Crippen LogP contribution >= 0.6 is 0 Å². The van der Waals surface area contributed by atoms with Gasteiger partial charge in [0.05, 0.1) is 90.3 Å². The Labute approximate surface area is 590 Å². The summed E-state index contributed by atoms with van der Waals surface area (Å²) < 4.78 is 69.6. The Hall–Kier alpha value is -1.59. The maximum absolute atomic E-state index is 15.4. The van der Waals surface area contributed by atoms with Gasteiger partial charge in [0.15, 0.2) is 12.6 Å². The van der Waals surface area contributed by atoms with Gasteiger partial charge in [0.1, 0.15) is 30.9 Å². The van der Waals surface area contributed by atoms with E-state index in [2.05, 4.69) is 27.7 Å². The van der Waals surface area contributed by atoms with Crippen molar-refractivity contribution in [2.45, 2.75) is 379 Å². The van der Waals surface area contributed by atoms with E-state index >= 15 is 14.4 Å². The quantitative estimate of drug-likeness (QED) is 0.0418. The van der Waals surface area contributed by atoms with E-state index in [1.54, 1.807) is 0 Å². The molecular weight excluding hydrogens is 1220 g/mol. The van der Waals surface area contributed by atoms with Crippen LogP contribution in [0.2, 0.25) is 0 Å². The molecule has 9 rings (SSSR count). The van der Waals surface area contributed by atoms with E-state index < -0.39 is 5.41 Å². The summed E-state index contributed by atoms with van der Waals surface area (Å²) in [5.74, 6) is 1.61. The van der Waals surface area contributed by atoms with Crippen LogP contribution in [0, 0.1) is 51.2 Å². The van der Waals surface area contributed by atoms with Crippen LogP contribution in [0.4, 0.5) is 0 Å². The van der Waals surface area contributed by atoms with Crippen molar-refractivity contribution < 1.29 is 66.5 Å². The predicted octanol–water partition coefficient (Wildman–Crippen LogP) is 19.3. The molecule has 4 heterocycles. The summed E-state index contributed by atoms with van der Waals surface area (Å²) in [5, 5.41) is 0. The third kappa shape index (κ3) is 29.8. The van der Waals surface area contributed by atoms with Crippen molar-refractivity contribution >= 4 is 17.5 Å².